The smallest absolute Gasteiger partial charge is 0.136 e. The fourth-order valence-electron chi connectivity index (χ4n) is 4.60. The molecule has 0 unspecified atom stereocenters. The molecule has 0 aliphatic carbocycles. The number of furan rings is 1. The topological polar surface area (TPSA) is 13.1 Å². The van der Waals surface area contributed by atoms with Crippen LogP contribution in [0.2, 0.25) is 0 Å². The van der Waals surface area contributed by atoms with Gasteiger partial charge in [-0.3, -0.25) is 0 Å². The lowest BCUT2D eigenvalue weighted by Crippen LogP contribution is -1.91. The fraction of sp³-hybridized carbons (Fsp3) is 0.0909. The van der Waals surface area contributed by atoms with E-state index in [0.29, 0.717) is 0 Å². The van der Waals surface area contributed by atoms with Crippen molar-refractivity contribution in [2.45, 2.75) is 20.8 Å². The fourth-order valence-corrected chi connectivity index (χ4v) is 5.17. The predicted octanol–water partition coefficient (Wildman–Crippen LogP) is 10.3. The minimum Gasteiger partial charge on any atom is -0.456 e. The van der Waals surface area contributed by atoms with E-state index in [2.05, 4.69) is 116 Å². The molecule has 0 bridgehead atoms. The highest BCUT2D eigenvalue weighted by Crippen LogP contribution is 2.40. The van der Waals surface area contributed by atoms with Crippen molar-refractivity contribution in [3.8, 4) is 22.3 Å². The minimum atomic E-state index is 0.907. The lowest BCUT2D eigenvalue weighted by atomic mass is 9.88. The number of fused-ring (bicyclic) bond motifs is 3. The average molecular weight is 519 g/mol. The molecule has 0 saturated carbocycles. The molecule has 0 atom stereocenters. The van der Waals surface area contributed by atoms with Crippen molar-refractivity contribution >= 4 is 37.9 Å². The summed E-state index contributed by atoms with van der Waals surface area (Å²) < 4.78 is 7.11. The third kappa shape index (κ3) is 4.67. The largest absolute Gasteiger partial charge is 0.456 e. The SMILES string of the molecule is Cc1ccccc1.Cc1ccccc1-c1c(C)cccc1-c1ccc2oc3cccc(Br)c3c2c1. The number of rotatable bonds is 2. The molecule has 0 radical (unpaired) electrons. The van der Waals surface area contributed by atoms with Gasteiger partial charge in [0, 0.05) is 15.2 Å². The van der Waals surface area contributed by atoms with Crippen LogP contribution in [0.3, 0.4) is 0 Å². The Balaban J connectivity index is 0.000000313. The van der Waals surface area contributed by atoms with Crippen LogP contribution < -0.4 is 0 Å². The number of hydrogen-bond donors (Lipinski definition) is 0. The Morgan fingerprint density at radius 2 is 1.26 bits per heavy atom. The van der Waals surface area contributed by atoms with Gasteiger partial charge in [0.1, 0.15) is 11.2 Å². The molecule has 1 nitrogen and oxygen atoms in total. The molecule has 172 valence electrons. The van der Waals surface area contributed by atoms with Gasteiger partial charge in [0.2, 0.25) is 0 Å². The van der Waals surface area contributed by atoms with Gasteiger partial charge in [0.25, 0.3) is 0 Å². The first-order valence-electron chi connectivity index (χ1n) is 11.8. The van der Waals surface area contributed by atoms with Crippen LogP contribution in [-0.4, -0.2) is 0 Å². The predicted molar refractivity (Wildman–Crippen MR) is 153 cm³/mol. The van der Waals surface area contributed by atoms with Crippen molar-refractivity contribution < 1.29 is 4.42 Å². The molecule has 0 saturated heterocycles. The Hall–Kier alpha value is -3.62. The molecule has 0 spiro atoms. The van der Waals surface area contributed by atoms with E-state index in [1.807, 2.05) is 30.3 Å². The maximum absolute atomic E-state index is 6.05. The summed E-state index contributed by atoms with van der Waals surface area (Å²) in [6.07, 6.45) is 0. The minimum absolute atomic E-state index is 0.907. The van der Waals surface area contributed by atoms with Crippen molar-refractivity contribution in [1.29, 1.82) is 0 Å². The van der Waals surface area contributed by atoms with Gasteiger partial charge in [-0.2, -0.15) is 0 Å². The van der Waals surface area contributed by atoms with Gasteiger partial charge in [0.05, 0.1) is 0 Å². The van der Waals surface area contributed by atoms with Gasteiger partial charge in [-0.25, -0.2) is 0 Å². The molecule has 5 aromatic carbocycles. The number of hydrogen-bond acceptors (Lipinski definition) is 1. The van der Waals surface area contributed by atoms with Crippen LogP contribution in [0.1, 0.15) is 16.7 Å². The van der Waals surface area contributed by atoms with Crippen LogP contribution in [0.4, 0.5) is 0 Å². The first kappa shape index (κ1) is 23.1. The molecule has 35 heavy (non-hydrogen) atoms. The summed E-state index contributed by atoms with van der Waals surface area (Å²) in [5, 5.41) is 2.27. The van der Waals surface area contributed by atoms with Gasteiger partial charge >= 0.3 is 0 Å². The lowest BCUT2D eigenvalue weighted by molar-refractivity contribution is 0.669. The lowest BCUT2D eigenvalue weighted by Gasteiger charge is -2.15. The van der Waals surface area contributed by atoms with E-state index in [0.717, 1.165) is 26.4 Å². The molecule has 0 amide bonds. The van der Waals surface area contributed by atoms with Crippen LogP contribution >= 0.6 is 15.9 Å². The highest BCUT2D eigenvalue weighted by atomic mass is 79.9. The zero-order chi connectivity index (χ0) is 24.4. The number of benzene rings is 5. The summed E-state index contributed by atoms with van der Waals surface area (Å²) in [5.74, 6) is 0. The second kappa shape index (κ2) is 9.93. The summed E-state index contributed by atoms with van der Waals surface area (Å²) >= 11 is 3.69. The van der Waals surface area contributed by atoms with Crippen molar-refractivity contribution in [1.82, 2.24) is 0 Å². The molecule has 1 aromatic heterocycles. The molecular formula is C33H27BrO. The zero-order valence-corrected chi connectivity index (χ0v) is 21.8. The number of aryl methyl sites for hydroxylation is 3. The van der Waals surface area contributed by atoms with Gasteiger partial charge in [-0.1, -0.05) is 106 Å². The molecule has 0 N–H and O–H groups in total. The molecule has 2 heteroatoms. The van der Waals surface area contributed by atoms with Crippen LogP contribution in [0.25, 0.3) is 44.2 Å². The Morgan fingerprint density at radius 3 is 2.00 bits per heavy atom. The third-order valence-corrected chi connectivity index (χ3v) is 7.04. The van der Waals surface area contributed by atoms with Gasteiger partial charge in [-0.15, -0.1) is 0 Å². The van der Waals surface area contributed by atoms with E-state index < -0.39 is 0 Å². The van der Waals surface area contributed by atoms with E-state index in [1.165, 1.54) is 38.9 Å². The monoisotopic (exact) mass is 518 g/mol. The van der Waals surface area contributed by atoms with Crippen LogP contribution in [0.15, 0.2) is 118 Å². The maximum Gasteiger partial charge on any atom is 0.136 e. The molecule has 0 fully saturated rings. The molecule has 6 aromatic rings. The molecular weight excluding hydrogens is 492 g/mol. The molecule has 0 aliphatic heterocycles. The average Bonchev–Trinajstić information content (AvgIpc) is 3.24. The van der Waals surface area contributed by atoms with Crippen molar-refractivity contribution in [3.05, 3.63) is 130 Å². The standard InChI is InChI=1S/C26H19BrO.C7H8/c1-16-7-3-4-9-19(16)25-17(2)8-5-10-20(25)18-13-14-23-21(15-18)26-22(27)11-6-12-24(26)28-23;1-7-5-3-2-4-6-7/h3-15H,1-2H3;2-6H,1H3. The van der Waals surface area contributed by atoms with E-state index in [1.54, 1.807) is 0 Å². The van der Waals surface area contributed by atoms with E-state index >= 15 is 0 Å². The summed E-state index contributed by atoms with van der Waals surface area (Å²) in [6, 6.07) is 38.0. The van der Waals surface area contributed by atoms with Gasteiger partial charge in [-0.05, 0) is 78.4 Å². The summed E-state index contributed by atoms with van der Waals surface area (Å²) in [4.78, 5) is 0. The normalized spacial score (nSPS) is 10.9. The Labute approximate surface area is 215 Å². The number of halogens is 1. The van der Waals surface area contributed by atoms with Crippen molar-refractivity contribution in [2.24, 2.45) is 0 Å². The van der Waals surface area contributed by atoms with Gasteiger partial charge < -0.3 is 4.42 Å². The van der Waals surface area contributed by atoms with E-state index in [9.17, 15) is 0 Å². The summed E-state index contributed by atoms with van der Waals surface area (Å²) in [7, 11) is 0. The second-order valence-corrected chi connectivity index (χ2v) is 9.75. The molecule has 1 heterocycles. The zero-order valence-electron chi connectivity index (χ0n) is 20.2. The third-order valence-electron chi connectivity index (χ3n) is 6.38. The Morgan fingerprint density at radius 1 is 0.571 bits per heavy atom. The first-order valence-corrected chi connectivity index (χ1v) is 12.6. The highest BCUT2D eigenvalue weighted by molar-refractivity contribution is 9.10. The van der Waals surface area contributed by atoms with E-state index in [-0.39, 0.29) is 0 Å². The van der Waals surface area contributed by atoms with Crippen LogP contribution in [0.5, 0.6) is 0 Å². The van der Waals surface area contributed by atoms with E-state index in [4.69, 9.17) is 4.42 Å². The van der Waals surface area contributed by atoms with Gasteiger partial charge in [0.15, 0.2) is 0 Å². The summed E-state index contributed by atoms with van der Waals surface area (Å²) in [5.41, 5.74) is 10.7. The van der Waals surface area contributed by atoms with Crippen LogP contribution in [0, 0.1) is 20.8 Å². The van der Waals surface area contributed by atoms with Crippen molar-refractivity contribution in [3.63, 3.8) is 0 Å². The maximum atomic E-state index is 6.05. The molecule has 0 aliphatic rings. The second-order valence-electron chi connectivity index (χ2n) is 8.89. The van der Waals surface area contributed by atoms with Crippen molar-refractivity contribution in [2.75, 3.05) is 0 Å². The Bertz CT molecular complexity index is 1630. The Kier molecular flexibility index (Phi) is 6.57. The highest BCUT2D eigenvalue weighted by Gasteiger charge is 2.15. The quantitative estimate of drug-likeness (QED) is 0.222. The molecule has 6 rings (SSSR count). The summed E-state index contributed by atoms with van der Waals surface area (Å²) in [6.45, 7) is 6.45. The first-order chi connectivity index (χ1) is 17.0. The van der Waals surface area contributed by atoms with Crippen LogP contribution in [-0.2, 0) is 0 Å².